The number of nitrogens with one attached hydrogen (secondary N) is 1. The van der Waals surface area contributed by atoms with E-state index in [0.717, 1.165) is 17.7 Å². The Morgan fingerprint density at radius 1 is 1.09 bits per heavy atom. The molecule has 172 valence electrons. The molecule has 0 fully saturated rings. The van der Waals surface area contributed by atoms with Crippen molar-refractivity contribution in [2.24, 2.45) is 4.99 Å². The number of halogens is 2. The molecule has 0 bridgehead atoms. The molecule has 0 saturated heterocycles. The van der Waals surface area contributed by atoms with Crippen LogP contribution in [0.2, 0.25) is 5.02 Å². The van der Waals surface area contributed by atoms with Crippen LogP contribution in [0.3, 0.4) is 0 Å². The molecule has 3 aromatic carbocycles. The second kappa shape index (κ2) is 10.7. The highest BCUT2D eigenvalue weighted by atomic mass is 35.5. The first-order chi connectivity index (χ1) is 16.4. The Hall–Kier alpha value is -3.42. The van der Waals surface area contributed by atoms with E-state index in [9.17, 15) is 14.0 Å². The number of para-hydroxylation sites is 1. The molecule has 1 N–H and O–H groups in total. The largest absolute Gasteiger partial charge is 0.325 e. The summed E-state index contributed by atoms with van der Waals surface area (Å²) in [7, 11) is 0. The van der Waals surface area contributed by atoms with Crippen molar-refractivity contribution in [3.8, 4) is 0 Å². The Morgan fingerprint density at radius 2 is 1.79 bits per heavy atom. The van der Waals surface area contributed by atoms with E-state index < -0.39 is 0 Å². The minimum Gasteiger partial charge on any atom is -0.325 e. The second-order valence-corrected chi connectivity index (χ2v) is 8.82. The topological polar surface area (TPSA) is 61.8 Å². The highest BCUT2D eigenvalue weighted by Crippen LogP contribution is 2.32. The van der Waals surface area contributed by atoms with E-state index >= 15 is 0 Å². The molecular weight excluding hydrogens is 473 g/mol. The lowest BCUT2D eigenvalue weighted by molar-refractivity contribution is -0.114. The lowest BCUT2D eigenvalue weighted by Gasteiger charge is -2.20. The van der Waals surface area contributed by atoms with Crippen LogP contribution in [0.25, 0.3) is 6.08 Å². The van der Waals surface area contributed by atoms with Crippen molar-refractivity contribution in [3.05, 3.63) is 100 Å². The molecule has 0 spiro atoms. The lowest BCUT2D eigenvalue weighted by atomic mass is 10.1. The second-order valence-electron chi connectivity index (χ2n) is 7.44. The van der Waals surface area contributed by atoms with Gasteiger partial charge in [0.1, 0.15) is 11.5 Å². The number of rotatable bonds is 6. The van der Waals surface area contributed by atoms with Gasteiger partial charge >= 0.3 is 0 Å². The van der Waals surface area contributed by atoms with Gasteiger partial charge in [-0.2, -0.15) is 0 Å². The first-order valence-corrected chi connectivity index (χ1v) is 12.0. The van der Waals surface area contributed by atoms with Crippen LogP contribution in [0.5, 0.6) is 0 Å². The third-order valence-electron chi connectivity index (χ3n) is 5.08. The third-order valence-corrected chi connectivity index (χ3v) is 6.27. The van der Waals surface area contributed by atoms with Gasteiger partial charge in [-0.3, -0.25) is 14.5 Å². The fourth-order valence-electron chi connectivity index (χ4n) is 3.41. The third kappa shape index (κ3) is 5.55. The number of thioether (sulfide) groups is 1. The Morgan fingerprint density at radius 3 is 2.50 bits per heavy atom. The number of carbonyl (C=O) groups excluding carboxylic acids is 2. The van der Waals surface area contributed by atoms with Gasteiger partial charge in [0.2, 0.25) is 5.91 Å². The van der Waals surface area contributed by atoms with Crippen LogP contribution in [0.15, 0.2) is 83.5 Å². The molecule has 34 heavy (non-hydrogen) atoms. The minimum atomic E-state index is -0.357. The van der Waals surface area contributed by atoms with Gasteiger partial charge in [0.25, 0.3) is 5.91 Å². The number of hydrogen-bond donors (Lipinski definition) is 1. The van der Waals surface area contributed by atoms with Crippen LogP contribution in [0, 0.1) is 5.82 Å². The van der Waals surface area contributed by atoms with Crippen LogP contribution in [-0.4, -0.2) is 22.7 Å². The van der Waals surface area contributed by atoms with Crippen molar-refractivity contribution >= 4 is 57.8 Å². The Kier molecular flexibility index (Phi) is 7.45. The van der Waals surface area contributed by atoms with Crippen LogP contribution in [-0.2, 0) is 16.0 Å². The highest BCUT2D eigenvalue weighted by molar-refractivity contribution is 8.14. The number of hydrogen-bond acceptors (Lipinski definition) is 4. The Balaban J connectivity index is 1.59. The molecule has 1 aliphatic heterocycles. The molecule has 0 radical (unpaired) electrons. The molecule has 0 aromatic heterocycles. The summed E-state index contributed by atoms with van der Waals surface area (Å²) in [5.41, 5.74) is 3.21. The van der Waals surface area contributed by atoms with Crippen molar-refractivity contribution < 1.29 is 14.0 Å². The first kappa shape index (κ1) is 23.7. The molecule has 2 amide bonds. The van der Waals surface area contributed by atoms with Crippen LogP contribution in [0.4, 0.5) is 15.8 Å². The van der Waals surface area contributed by atoms with Crippen molar-refractivity contribution in [2.75, 3.05) is 16.0 Å². The number of anilines is 2. The zero-order valence-electron chi connectivity index (χ0n) is 18.3. The molecule has 4 rings (SSSR count). The standard InChI is InChI=1S/C26H21ClFN3O2S/c1-2-18-5-3-4-6-23(18)31-25(33)22(15-17-7-11-20(28)12-8-17)30-26(31)34-16-24(32)29-21-13-9-19(27)10-14-21/h3-15H,2,16H2,1H3,(H,29,32)/b22-15+. The zero-order chi connectivity index (χ0) is 24.1. The van der Waals surface area contributed by atoms with E-state index in [0.29, 0.717) is 21.4 Å². The van der Waals surface area contributed by atoms with Gasteiger partial charge in [0.05, 0.1) is 11.4 Å². The van der Waals surface area contributed by atoms with Gasteiger partial charge < -0.3 is 5.32 Å². The van der Waals surface area contributed by atoms with Gasteiger partial charge in [-0.1, -0.05) is 60.6 Å². The number of amidine groups is 1. The number of aryl methyl sites for hydroxylation is 1. The summed E-state index contributed by atoms with van der Waals surface area (Å²) in [6.07, 6.45) is 2.34. The minimum absolute atomic E-state index is 0.0589. The summed E-state index contributed by atoms with van der Waals surface area (Å²) in [4.78, 5) is 32.0. The molecule has 0 aliphatic carbocycles. The van der Waals surface area contributed by atoms with Crippen LogP contribution < -0.4 is 10.2 Å². The summed E-state index contributed by atoms with van der Waals surface area (Å²) < 4.78 is 13.3. The molecule has 3 aromatic rings. The SMILES string of the molecule is CCc1ccccc1N1C(=O)/C(=C\c2ccc(F)cc2)N=C1SCC(=O)Nc1ccc(Cl)cc1. The molecule has 0 saturated carbocycles. The Bertz CT molecular complexity index is 1270. The van der Waals surface area contributed by atoms with Crippen molar-refractivity contribution in [1.29, 1.82) is 0 Å². The predicted molar refractivity (Wildman–Crippen MR) is 138 cm³/mol. The zero-order valence-corrected chi connectivity index (χ0v) is 19.9. The molecule has 1 heterocycles. The number of nitrogens with zero attached hydrogens (tertiary/aromatic N) is 2. The summed E-state index contributed by atoms with van der Waals surface area (Å²) in [6, 6.07) is 20.2. The van der Waals surface area contributed by atoms with E-state index in [-0.39, 0.29) is 29.1 Å². The summed E-state index contributed by atoms with van der Waals surface area (Å²) in [5, 5.41) is 3.80. The monoisotopic (exact) mass is 493 g/mol. The molecule has 1 aliphatic rings. The van der Waals surface area contributed by atoms with Crippen molar-refractivity contribution in [2.45, 2.75) is 13.3 Å². The van der Waals surface area contributed by atoms with Crippen molar-refractivity contribution in [3.63, 3.8) is 0 Å². The fraction of sp³-hybridized carbons (Fsp3) is 0.115. The maximum absolute atomic E-state index is 13.4. The molecule has 5 nitrogen and oxygen atoms in total. The van der Waals surface area contributed by atoms with Gasteiger partial charge in [0.15, 0.2) is 5.17 Å². The van der Waals surface area contributed by atoms with E-state index in [1.54, 1.807) is 42.5 Å². The van der Waals surface area contributed by atoms with Crippen LogP contribution >= 0.6 is 23.4 Å². The van der Waals surface area contributed by atoms with E-state index in [2.05, 4.69) is 10.3 Å². The number of carbonyl (C=O) groups is 2. The van der Waals surface area contributed by atoms with Gasteiger partial charge in [0, 0.05) is 10.7 Å². The fourth-order valence-corrected chi connectivity index (χ4v) is 4.34. The Labute approximate surface area is 206 Å². The van der Waals surface area contributed by atoms with E-state index in [4.69, 9.17) is 11.6 Å². The molecule has 0 atom stereocenters. The average Bonchev–Trinajstić information content (AvgIpc) is 3.15. The van der Waals surface area contributed by atoms with E-state index in [1.165, 1.54) is 28.8 Å². The summed E-state index contributed by atoms with van der Waals surface area (Å²) in [6.45, 7) is 2.01. The number of amides is 2. The van der Waals surface area contributed by atoms with Crippen LogP contribution in [0.1, 0.15) is 18.1 Å². The summed E-state index contributed by atoms with van der Waals surface area (Å²) >= 11 is 7.07. The maximum Gasteiger partial charge on any atom is 0.283 e. The van der Waals surface area contributed by atoms with Gasteiger partial charge in [-0.05, 0) is 66.1 Å². The maximum atomic E-state index is 13.4. The first-order valence-electron chi connectivity index (χ1n) is 10.6. The quantitative estimate of drug-likeness (QED) is 0.418. The van der Waals surface area contributed by atoms with E-state index in [1.807, 2.05) is 31.2 Å². The molecule has 0 unspecified atom stereocenters. The normalized spacial score (nSPS) is 14.4. The molecule has 8 heteroatoms. The van der Waals surface area contributed by atoms with Gasteiger partial charge in [-0.15, -0.1) is 0 Å². The number of aliphatic imine (C=N–C) groups is 1. The molecular formula is C26H21ClFN3O2S. The van der Waals surface area contributed by atoms with Crippen molar-refractivity contribution in [1.82, 2.24) is 0 Å². The lowest BCUT2D eigenvalue weighted by Crippen LogP contribution is -2.32. The average molecular weight is 494 g/mol. The number of benzene rings is 3. The smallest absolute Gasteiger partial charge is 0.283 e. The van der Waals surface area contributed by atoms with Gasteiger partial charge in [-0.25, -0.2) is 9.38 Å². The highest BCUT2D eigenvalue weighted by Gasteiger charge is 2.33. The summed E-state index contributed by atoms with van der Waals surface area (Å²) in [5.74, 6) is -0.832. The predicted octanol–water partition coefficient (Wildman–Crippen LogP) is 6.16.